The van der Waals surface area contributed by atoms with Crippen LogP contribution in [0.4, 0.5) is 0 Å². The molecular weight excluding hydrogens is 383 g/mol. The Morgan fingerprint density at radius 2 is 1.10 bits per heavy atom. The summed E-state index contributed by atoms with van der Waals surface area (Å²) in [6.07, 6.45) is 0. The fourth-order valence-electron chi connectivity index (χ4n) is 4.11. The smallest absolute Gasteiger partial charge is 0.194 e. The molecule has 0 unspecified atom stereocenters. The molecule has 0 radical (unpaired) electrons. The zero-order chi connectivity index (χ0) is 21.1. The van der Waals surface area contributed by atoms with E-state index in [1.807, 2.05) is 44.2 Å². The standard InChI is InChI=1S/C28H25OP/c1-20-18-21(2)27(22(3)19-20)28(29)25-16-10-11-17-26(25)30(23-12-6-4-7-13-23)24-14-8-5-9-15-24/h4-19H,1-3H3. The van der Waals surface area contributed by atoms with Crippen LogP contribution in [0.25, 0.3) is 0 Å². The zero-order valence-corrected chi connectivity index (χ0v) is 18.5. The molecule has 148 valence electrons. The number of carbonyl (C=O) groups excluding carboxylic acids is 1. The van der Waals surface area contributed by atoms with Crippen molar-refractivity contribution in [1.29, 1.82) is 0 Å². The number of carbonyl (C=O) groups is 1. The van der Waals surface area contributed by atoms with E-state index < -0.39 is 7.92 Å². The molecule has 30 heavy (non-hydrogen) atoms. The number of rotatable bonds is 5. The summed E-state index contributed by atoms with van der Waals surface area (Å²) in [5.41, 5.74) is 4.88. The molecule has 0 fully saturated rings. The molecule has 4 aromatic carbocycles. The maximum Gasteiger partial charge on any atom is 0.194 e. The maximum absolute atomic E-state index is 13.8. The SMILES string of the molecule is Cc1cc(C)c(C(=O)c2ccccc2P(c2ccccc2)c2ccccc2)c(C)c1. The normalized spacial score (nSPS) is 10.9. The van der Waals surface area contributed by atoms with Gasteiger partial charge in [-0.1, -0.05) is 103 Å². The van der Waals surface area contributed by atoms with Gasteiger partial charge in [0.2, 0.25) is 0 Å². The van der Waals surface area contributed by atoms with Gasteiger partial charge in [0.25, 0.3) is 0 Å². The lowest BCUT2D eigenvalue weighted by Crippen LogP contribution is -2.25. The quantitative estimate of drug-likeness (QED) is 0.310. The lowest BCUT2D eigenvalue weighted by molar-refractivity contribution is 0.103. The van der Waals surface area contributed by atoms with Gasteiger partial charge in [0, 0.05) is 11.1 Å². The summed E-state index contributed by atoms with van der Waals surface area (Å²) in [6.45, 7) is 6.15. The van der Waals surface area contributed by atoms with Crippen LogP contribution in [0.5, 0.6) is 0 Å². The average molecular weight is 408 g/mol. The Labute approximate surface area is 180 Å². The first kappa shape index (κ1) is 20.3. The van der Waals surface area contributed by atoms with Gasteiger partial charge in [-0.05, 0) is 55.7 Å². The third kappa shape index (κ3) is 3.99. The lowest BCUT2D eigenvalue weighted by atomic mass is 9.93. The third-order valence-electron chi connectivity index (χ3n) is 5.32. The Balaban J connectivity index is 1.91. The van der Waals surface area contributed by atoms with Crippen molar-refractivity contribution in [3.8, 4) is 0 Å². The Morgan fingerprint density at radius 3 is 1.63 bits per heavy atom. The molecule has 0 atom stereocenters. The summed E-state index contributed by atoms with van der Waals surface area (Å²) < 4.78 is 0. The first-order valence-corrected chi connectivity index (χ1v) is 11.5. The van der Waals surface area contributed by atoms with E-state index in [1.54, 1.807) is 0 Å². The van der Waals surface area contributed by atoms with Gasteiger partial charge in [0.05, 0.1) is 0 Å². The van der Waals surface area contributed by atoms with Gasteiger partial charge in [-0.3, -0.25) is 4.79 Å². The molecule has 0 aromatic heterocycles. The summed E-state index contributed by atoms with van der Waals surface area (Å²) in [5.74, 6) is 0.111. The molecule has 0 bridgehead atoms. The molecule has 0 saturated heterocycles. The third-order valence-corrected chi connectivity index (χ3v) is 7.82. The summed E-state index contributed by atoms with van der Waals surface area (Å²) in [7, 11) is -0.836. The van der Waals surface area contributed by atoms with Crippen molar-refractivity contribution in [2.24, 2.45) is 0 Å². The van der Waals surface area contributed by atoms with E-state index in [0.29, 0.717) is 0 Å². The van der Waals surface area contributed by atoms with E-state index in [-0.39, 0.29) is 5.78 Å². The molecule has 0 spiro atoms. The van der Waals surface area contributed by atoms with E-state index in [4.69, 9.17) is 0 Å². The lowest BCUT2D eigenvalue weighted by Gasteiger charge is -2.22. The predicted octanol–water partition coefficient (Wildman–Crippen LogP) is 5.60. The first-order chi connectivity index (χ1) is 14.6. The van der Waals surface area contributed by atoms with Gasteiger partial charge in [-0.2, -0.15) is 0 Å². The van der Waals surface area contributed by atoms with Crippen LogP contribution in [0.1, 0.15) is 32.6 Å². The molecule has 0 aliphatic carbocycles. The minimum atomic E-state index is -0.836. The van der Waals surface area contributed by atoms with Crippen LogP contribution in [0.3, 0.4) is 0 Å². The van der Waals surface area contributed by atoms with Gasteiger partial charge < -0.3 is 0 Å². The van der Waals surface area contributed by atoms with Crippen molar-refractivity contribution < 1.29 is 4.79 Å². The summed E-state index contributed by atoms with van der Waals surface area (Å²) in [6, 6.07) is 33.4. The monoisotopic (exact) mass is 408 g/mol. The highest BCUT2D eigenvalue weighted by Gasteiger charge is 2.24. The summed E-state index contributed by atoms with van der Waals surface area (Å²) >= 11 is 0. The number of ketones is 1. The van der Waals surface area contributed by atoms with Crippen LogP contribution in [0.15, 0.2) is 97.1 Å². The van der Waals surface area contributed by atoms with Crippen molar-refractivity contribution >= 4 is 29.6 Å². The van der Waals surface area contributed by atoms with Gasteiger partial charge in [-0.15, -0.1) is 0 Å². The minimum absolute atomic E-state index is 0.111. The minimum Gasteiger partial charge on any atom is -0.289 e. The van der Waals surface area contributed by atoms with Crippen LogP contribution in [0.2, 0.25) is 0 Å². The van der Waals surface area contributed by atoms with Crippen molar-refractivity contribution in [3.63, 3.8) is 0 Å². The van der Waals surface area contributed by atoms with Crippen LogP contribution >= 0.6 is 7.92 Å². The van der Waals surface area contributed by atoms with Crippen molar-refractivity contribution in [2.75, 3.05) is 0 Å². The van der Waals surface area contributed by atoms with Gasteiger partial charge in [-0.25, -0.2) is 0 Å². The van der Waals surface area contributed by atoms with Crippen molar-refractivity contribution in [3.05, 3.63) is 125 Å². The summed E-state index contributed by atoms with van der Waals surface area (Å²) in [5, 5.41) is 3.60. The maximum atomic E-state index is 13.8. The van der Waals surface area contributed by atoms with Gasteiger partial charge >= 0.3 is 0 Å². The molecule has 0 aliphatic heterocycles. The fraction of sp³-hybridized carbons (Fsp3) is 0.107. The van der Waals surface area contributed by atoms with Crippen LogP contribution in [-0.4, -0.2) is 5.78 Å². The van der Waals surface area contributed by atoms with Crippen molar-refractivity contribution in [2.45, 2.75) is 20.8 Å². The zero-order valence-electron chi connectivity index (χ0n) is 17.6. The topological polar surface area (TPSA) is 17.1 Å². The highest BCUT2D eigenvalue weighted by Crippen LogP contribution is 2.35. The Hall–Kier alpha value is -3.02. The molecule has 1 nitrogen and oxygen atoms in total. The number of hydrogen-bond donors (Lipinski definition) is 0. The molecule has 0 heterocycles. The second-order valence-electron chi connectivity index (χ2n) is 7.63. The second kappa shape index (κ2) is 8.78. The van der Waals surface area contributed by atoms with Crippen LogP contribution in [0, 0.1) is 20.8 Å². The Bertz CT molecular complexity index is 1120. The largest absolute Gasteiger partial charge is 0.289 e. The average Bonchev–Trinajstić information content (AvgIpc) is 2.75. The van der Waals surface area contributed by atoms with Gasteiger partial charge in [0.1, 0.15) is 0 Å². The first-order valence-electron chi connectivity index (χ1n) is 10.2. The summed E-state index contributed by atoms with van der Waals surface area (Å²) in [4.78, 5) is 13.8. The van der Waals surface area contributed by atoms with E-state index in [9.17, 15) is 4.79 Å². The van der Waals surface area contributed by atoms with Crippen LogP contribution < -0.4 is 15.9 Å². The highest BCUT2D eigenvalue weighted by molar-refractivity contribution is 7.80. The highest BCUT2D eigenvalue weighted by atomic mass is 31.1. The number of aryl methyl sites for hydroxylation is 3. The Morgan fingerprint density at radius 1 is 0.633 bits per heavy atom. The molecule has 0 aliphatic rings. The molecule has 4 rings (SSSR count). The molecule has 0 amide bonds. The molecular formula is C28H25OP. The fourth-order valence-corrected chi connectivity index (χ4v) is 6.56. The molecule has 4 aromatic rings. The van der Waals surface area contributed by atoms with E-state index in [1.165, 1.54) is 16.2 Å². The molecule has 0 saturated carbocycles. The van der Waals surface area contributed by atoms with Crippen LogP contribution in [-0.2, 0) is 0 Å². The number of benzene rings is 4. The van der Waals surface area contributed by atoms with E-state index >= 15 is 0 Å². The molecule has 2 heteroatoms. The predicted molar refractivity (Wildman–Crippen MR) is 129 cm³/mol. The molecule has 0 N–H and O–H groups in total. The van der Waals surface area contributed by atoms with Crippen molar-refractivity contribution in [1.82, 2.24) is 0 Å². The number of hydrogen-bond acceptors (Lipinski definition) is 1. The second-order valence-corrected chi connectivity index (χ2v) is 9.81. The van der Waals surface area contributed by atoms with Gasteiger partial charge in [0.15, 0.2) is 5.78 Å². The van der Waals surface area contributed by atoms with E-state index in [0.717, 1.165) is 27.6 Å². The van der Waals surface area contributed by atoms with E-state index in [2.05, 4.69) is 73.7 Å². The Kier molecular flexibility index (Phi) is 5.93.